The van der Waals surface area contributed by atoms with E-state index in [4.69, 9.17) is 9.40 Å². The Morgan fingerprint density at radius 3 is 2.12 bits per heavy atom. The molecule has 0 saturated carbocycles. The van der Waals surface area contributed by atoms with Gasteiger partial charge in [-0.3, -0.25) is 0 Å². The average molecular weight is 826 g/mol. The van der Waals surface area contributed by atoms with E-state index in [0.29, 0.717) is 0 Å². The van der Waals surface area contributed by atoms with Crippen LogP contribution >= 0.6 is 0 Å². The first-order chi connectivity index (χ1) is 23.8. The normalized spacial score (nSPS) is 11.6. The fourth-order valence-corrected chi connectivity index (χ4v) is 6.55. The van der Waals surface area contributed by atoms with Gasteiger partial charge in [0.05, 0.1) is 0 Å². The van der Waals surface area contributed by atoms with E-state index in [1.165, 1.54) is 27.8 Å². The van der Waals surface area contributed by atoms with Crippen molar-refractivity contribution in [3.63, 3.8) is 0 Å². The van der Waals surface area contributed by atoms with Crippen LogP contribution in [0.4, 0.5) is 11.4 Å². The summed E-state index contributed by atoms with van der Waals surface area (Å²) < 4.78 is 6.22. The van der Waals surface area contributed by atoms with Crippen LogP contribution in [-0.2, 0) is 25.5 Å². The maximum absolute atomic E-state index is 6.22. The second-order valence-corrected chi connectivity index (χ2v) is 13.4. The summed E-state index contributed by atoms with van der Waals surface area (Å²) in [6.45, 7) is 8.90. The number of aromatic nitrogens is 2. The fraction of sp³-hybridized carbons (Fsp3) is 0.111. The molecule has 3 aromatic heterocycles. The van der Waals surface area contributed by atoms with Crippen molar-refractivity contribution in [3.05, 3.63) is 157 Å². The first-order valence-electron chi connectivity index (χ1n) is 16.6. The number of nitrogens with one attached hydrogen (secondary N) is 1. The zero-order valence-electron chi connectivity index (χ0n) is 28.3. The minimum atomic E-state index is 0. The number of furan rings is 1. The van der Waals surface area contributed by atoms with Gasteiger partial charge in [0, 0.05) is 60.6 Å². The monoisotopic (exact) mass is 826 g/mol. The van der Waals surface area contributed by atoms with Crippen LogP contribution in [0.2, 0.25) is 0 Å². The molecule has 247 valence electrons. The van der Waals surface area contributed by atoms with E-state index in [9.17, 15) is 0 Å². The van der Waals surface area contributed by atoms with Gasteiger partial charge in [-0.1, -0.05) is 80.9 Å². The van der Waals surface area contributed by atoms with Crippen molar-refractivity contribution in [1.82, 2.24) is 9.97 Å². The van der Waals surface area contributed by atoms with Crippen molar-refractivity contribution in [2.24, 2.45) is 0 Å². The predicted octanol–water partition coefficient (Wildman–Crippen LogP) is 12.0. The van der Waals surface area contributed by atoms with E-state index in [1.54, 1.807) is 6.20 Å². The Bertz CT molecular complexity index is 2420. The Morgan fingerprint density at radius 2 is 1.36 bits per heavy atom. The zero-order chi connectivity index (χ0) is 33.5. The molecule has 5 heteroatoms. The number of hydrogen-bond acceptors (Lipinski definition) is 4. The molecule has 9 rings (SSSR count). The fourth-order valence-electron chi connectivity index (χ4n) is 6.55. The maximum atomic E-state index is 6.22. The molecule has 0 spiro atoms. The van der Waals surface area contributed by atoms with E-state index < -0.39 is 0 Å². The van der Waals surface area contributed by atoms with Crippen molar-refractivity contribution in [2.75, 3.05) is 5.32 Å². The summed E-state index contributed by atoms with van der Waals surface area (Å²) in [4.78, 5) is 8.91. The van der Waals surface area contributed by atoms with E-state index in [0.717, 1.165) is 61.4 Å². The van der Waals surface area contributed by atoms with Gasteiger partial charge in [0.2, 0.25) is 0 Å². The third-order valence-electron chi connectivity index (χ3n) is 9.20. The Balaban J connectivity index is 0.000000255. The molecule has 0 aliphatic carbocycles. The third kappa shape index (κ3) is 6.27. The van der Waals surface area contributed by atoms with Gasteiger partial charge in [0.25, 0.3) is 0 Å². The molecule has 5 aromatic carbocycles. The molecule has 50 heavy (non-hydrogen) atoms. The minimum Gasteiger partial charge on any atom is -0.456 e. The number of fused-ring (bicyclic) bond motifs is 9. The topological polar surface area (TPSA) is 51.0 Å². The van der Waals surface area contributed by atoms with Gasteiger partial charge in [0.1, 0.15) is 11.2 Å². The minimum absolute atomic E-state index is 0. The molecule has 0 fully saturated rings. The molecule has 4 heterocycles. The van der Waals surface area contributed by atoms with Crippen molar-refractivity contribution in [1.29, 1.82) is 0 Å². The van der Waals surface area contributed by atoms with E-state index >= 15 is 0 Å². The first kappa shape index (κ1) is 33.2. The summed E-state index contributed by atoms with van der Waals surface area (Å²) >= 11 is 0. The Kier molecular flexibility index (Phi) is 8.96. The second-order valence-electron chi connectivity index (χ2n) is 13.4. The molecular formula is C45H35IrN3O-2. The van der Waals surface area contributed by atoms with E-state index in [2.05, 4.69) is 117 Å². The van der Waals surface area contributed by atoms with Gasteiger partial charge in [-0.05, 0) is 75.9 Å². The van der Waals surface area contributed by atoms with Crippen LogP contribution in [0.3, 0.4) is 0 Å². The van der Waals surface area contributed by atoms with Crippen molar-refractivity contribution < 1.29 is 24.5 Å². The SMILES string of the molecule is Cc1c2cccc1-c1cc3c(cc1Nc1c[c-]c(-c4cc(C(C)(C)C)ccn4)cc1-2)oc1ccccc13.[Ir].[c-]1ccccc1-c1ccccn1. The zero-order valence-corrected chi connectivity index (χ0v) is 30.7. The van der Waals surface area contributed by atoms with Crippen LogP contribution in [0.15, 0.2) is 138 Å². The van der Waals surface area contributed by atoms with Gasteiger partial charge in [-0.25, -0.2) is 0 Å². The van der Waals surface area contributed by atoms with E-state index in [-0.39, 0.29) is 25.5 Å². The summed E-state index contributed by atoms with van der Waals surface area (Å²) in [5.74, 6) is 0. The average Bonchev–Trinajstić information content (AvgIpc) is 3.50. The molecule has 0 atom stereocenters. The van der Waals surface area contributed by atoms with Crippen LogP contribution in [0.1, 0.15) is 31.9 Å². The van der Waals surface area contributed by atoms with Crippen LogP contribution in [-0.4, -0.2) is 9.97 Å². The van der Waals surface area contributed by atoms with Gasteiger partial charge in [-0.2, -0.15) is 0 Å². The number of benzene rings is 5. The van der Waals surface area contributed by atoms with Crippen LogP contribution in [0.25, 0.3) is 66.7 Å². The predicted molar refractivity (Wildman–Crippen MR) is 202 cm³/mol. The second kappa shape index (κ2) is 13.5. The van der Waals surface area contributed by atoms with E-state index in [1.807, 2.05) is 60.8 Å². The smallest absolute Gasteiger partial charge is 0.137 e. The molecule has 0 unspecified atom stereocenters. The standard InChI is InChI=1S/C34H27N2O.C11H8N.Ir/c1-20-23-9-7-10-24(20)27-18-28-25-8-5-6-11-32(25)37-33(28)19-31(27)36-29-13-12-21(16-26(23)29)30-17-22(14-15-35-30)34(2,3)4;1-2-6-10(7-3-1)11-8-4-5-9-12-11;/h5-11,13-19,36H,1-4H3;1-6,8-9H;/q2*-1;. The van der Waals surface area contributed by atoms with Crippen molar-refractivity contribution in [2.45, 2.75) is 33.1 Å². The number of anilines is 2. The van der Waals surface area contributed by atoms with Crippen LogP contribution in [0, 0.1) is 19.1 Å². The molecule has 0 saturated heterocycles. The van der Waals surface area contributed by atoms with Crippen LogP contribution < -0.4 is 5.32 Å². The summed E-state index contributed by atoms with van der Waals surface area (Å²) in [7, 11) is 0. The number of hydrogen-bond donors (Lipinski definition) is 1. The van der Waals surface area contributed by atoms with Crippen LogP contribution in [0.5, 0.6) is 0 Å². The number of rotatable bonds is 2. The van der Waals surface area contributed by atoms with Gasteiger partial charge in [-0.15, -0.1) is 59.7 Å². The molecule has 8 aromatic rings. The molecule has 0 amide bonds. The molecule has 4 nitrogen and oxygen atoms in total. The summed E-state index contributed by atoms with van der Waals surface area (Å²) in [5.41, 5.74) is 15.1. The third-order valence-corrected chi connectivity index (χ3v) is 9.20. The number of nitrogens with zero attached hydrogens (tertiary/aromatic N) is 2. The van der Waals surface area contributed by atoms with Gasteiger partial charge in [0.15, 0.2) is 0 Å². The molecule has 1 N–H and O–H groups in total. The molecule has 2 bridgehead atoms. The molecule has 1 aliphatic heterocycles. The Hall–Kier alpha value is -5.35. The largest absolute Gasteiger partial charge is 0.456 e. The summed E-state index contributed by atoms with van der Waals surface area (Å²) in [5, 5.41) is 5.99. The van der Waals surface area contributed by atoms with Crippen molar-refractivity contribution in [3.8, 4) is 44.8 Å². The summed E-state index contributed by atoms with van der Waals surface area (Å²) in [6.07, 6.45) is 3.69. The Labute approximate surface area is 306 Å². The molecular weight excluding hydrogens is 791 g/mol. The van der Waals surface area contributed by atoms with Crippen molar-refractivity contribution >= 4 is 33.3 Å². The molecule has 1 aliphatic rings. The quantitative estimate of drug-likeness (QED) is 0.176. The maximum Gasteiger partial charge on any atom is 0.137 e. The first-order valence-corrected chi connectivity index (χ1v) is 16.6. The summed E-state index contributed by atoms with van der Waals surface area (Å²) in [6, 6.07) is 48.1. The van der Waals surface area contributed by atoms with Gasteiger partial charge >= 0.3 is 0 Å². The number of para-hydroxylation sites is 1. The molecule has 1 radical (unpaired) electrons. The number of pyridine rings is 2. The van der Waals surface area contributed by atoms with Gasteiger partial charge < -0.3 is 19.7 Å². The Morgan fingerprint density at radius 1 is 0.600 bits per heavy atom.